The SMILES string of the molecule is COc1ccc2c(c1)C(=O)NC2[P+](c1ccccc1)(c1ccccc1)c1ccccc1. The van der Waals surface area contributed by atoms with Crippen molar-refractivity contribution >= 4 is 29.1 Å². The number of amides is 1. The molecule has 5 rings (SSSR count). The van der Waals surface area contributed by atoms with E-state index < -0.39 is 7.26 Å². The van der Waals surface area contributed by atoms with Crippen LogP contribution in [0.15, 0.2) is 109 Å². The molecule has 1 amide bonds. The minimum absolute atomic E-state index is 0.0499. The number of fused-ring (bicyclic) bond motifs is 1. The molecular weight excluding hydrogens is 401 g/mol. The van der Waals surface area contributed by atoms with Gasteiger partial charge in [0.15, 0.2) is 5.78 Å². The van der Waals surface area contributed by atoms with E-state index in [1.807, 2.05) is 36.4 Å². The lowest BCUT2D eigenvalue weighted by Gasteiger charge is -2.32. The fourth-order valence-corrected chi connectivity index (χ4v) is 9.24. The first-order chi connectivity index (χ1) is 15.2. The van der Waals surface area contributed by atoms with Crippen molar-refractivity contribution in [3.05, 3.63) is 120 Å². The summed E-state index contributed by atoms with van der Waals surface area (Å²) in [6.07, 6.45) is 0. The van der Waals surface area contributed by atoms with Crippen molar-refractivity contribution in [1.29, 1.82) is 0 Å². The molecule has 1 N–H and O–H groups in total. The maximum absolute atomic E-state index is 13.1. The van der Waals surface area contributed by atoms with Gasteiger partial charge in [-0.15, -0.1) is 0 Å². The molecule has 31 heavy (non-hydrogen) atoms. The van der Waals surface area contributed by atoms with Crippen molar-refractivity contribution in [3.8, 4) is 5.75 Å². The van der Waals surface area contributed by atoms with Gasteiger partial charge in [-0.2, -0.15) is 0 Å². The Morgan fingerprint density at radius 3 is 1.65 bits per heavy atom. The quantitative estimate of drug-likeness (QED) is 0.482. The van der Waals surface area contributed by atoms with Gasteiger partial charge in [-0.3, -0.25) is 4.79 Å². The molecule has 0 spiro atoms. The van der Waals surface area contributed by atoms with Crippen molar-refractivity contribution in [3.63, 3.8) is 0 Å². The highest BCUT2D eigenvalue weighted by atomic mass is 31.2. The Kier molecular flexibility index (Phi) is 5.05. The lowest BCUT2D eigenvalue weighted by atomic mass is 10.1. The minimum atomic E-state index is -2.27. The number of ether oxygens (including phenoxy) is 1. The molecule has 0 aliphatic carbocycles. The van der Waals surface area contributed by atoms with Crippen LogP contribution in [0.2, 0.25) is 0 Å². The summed E-state index contributed by atoms with van der Waals surface area (Å²) in [4.78, 5) is 13.1. The molecule has 0 radical (unpaired) electrons. The van der Waals surface area contributed by atoms with E-state index in [9.17, 15) is 4.79 Å². The molecule has 0 saturated carbocycles. The first-order valence-electron chi connectivity index (χ1n) is 10.3. The Bertz CT molecular complexity index is 1110. The Balaban J connectivity index is 1.86. The molecule has 4 heteroatoms. The summed E-state index contributed by atoms with van der Waals surface area (Å²) in [5, 5.41) is 7.07. The van der Waals surface area contributed by atoms with Gasteiger partial charge in [0, 0.05) is 5.56 Å². The topological polar surface area (TPSA) is 38.3 Å². The summed E-state index contributed by atoms with van der Waals surface area (Å²) < 4.78 is 5.39. The van der Waals surface area contributed by atoms with Crippen LogP contribution in [-0.2, 0) is 0 Å². The van der Waals surface area contributed by atoms with Crippen LogP contribution in [0.4, 0.5) is 0 Å². The van der Waals surface area contributed by atoms with Crippen molar-refractivity contribution in [1.82, 2.24) is 5.32 Å². The third kappa shape index (κ3) is 3.13. The number of nitrogens with one attached hydrogen (secondary N) is 1. The van der Waals surface area contributed by atoms with Crippen LogP contribution >= 0.6 is 7.26 Å². The van der Waals surface area contributed by atoms with Crippen LogP contribution in [0.3, 0.4) is 0 Å². The highest BCUT2D eigenvalue weighted by Crippen LogP contribution is 2.67. The molecule has 0 bridgehead atoms. The monoisotopic (exact) mass is 424 g/mol. The van der Waals surface area contributed by atoms with E-state index in [1.165, 1.54) is 15.9 Å². The van der Waals surface area contributed by atoms with Gasteiger partial charge in [0.05, 0.1) is 12.7 Å². The van der Waals surface area contributed by atoms with E-state index in [0.29, 0.717) is 11.3 Å². The van der Waals surface area contributed by atoms with E-state index in [0.717, 1.165) is 5.56 Å². The normalized spacial score (nSPS) is 15.3. The standard InChI is InChI=1S/C27H22NO2P/c1-30-20-17-18-24-25(19-20)26(29)28-27(24)31(21-11-5-2-6-12-21,22-13-7-3-8-14-22)23-15-9-4-10-16-23/h2-19,27H,1H3/p+1. The maximum atomic E-state index is 13.1. The summed E-state index contributed by atoms with van der Waals surface area (Å²) in [7, 11) is -0.641. The Hall–Kier alpha value is -3.42. The van der Waals surface area contributed by atoms with Gasteiger partial charge in [0.25, 0.3) is 5.91 Å². The number of carbonyl (C=O) groups is 1. The molecule has 0 fully saturated rings. The van der Waals surface area contributed by atoms with E-state index in [4.69, 9.17) is 4.74 Å². The van der Waals surface area contributed by atoms with Crippen LogP contribution in [0.5, 0.6) is 5.75 Å². The third-order valence-corrected chi connectivity index (χ3v) is 10.5. The van der Waals surface area contributed by atoms with Crippen LogP contribution in [0, 0.1) is 0 Å². The number of carbonyl (C=O) groups excluding carboxylic acids is 1. The third-order valence-electron chi connectivity index (χ3n) is 5.95. The molecule has 4 aromatic rings. The zero-order valence-corrected chi connectivity index (χ0v) is 18.1. The van der Waals surface area contributed by atoms with Crippen LogP contribution in [0.1, 0.15) is 21.7 Å². The highest BCUT2D eigenvalue weighted by molar-refractivity contribution is 7.96. The van der Waals surface area contributed by atoms with Gasteiger partial charge in [-0.1, -0.05) is 54.6 Å². The fraction of sp³-hybridized carbons (Fsp3) is 0.0741. The average Bonchev–Trinajstić information content (AvgIpc) is 3.17. The van der Waals surface area contributed by atoms with E-state index >= 15 is 0 Å². The second kappa shape index (κ2) is 8.02. The van der Waals surface area contributed by atoms with Crippen molar-refractivity contribution < 1.29 is 9.53 Å². The van der Waals surface area contributed by atoms with Gasteiger partial charge < -0.3 is 10.1 Å². The van der Waals surface area contributed by atoms with Crippen molar-refractivity contribution in [2.45, 2.75) is 5.78 Å². The zero-order valence-electron chi connectivity index (χ0n) is 17.2. The molecule has 0 aromatic heterocycles. The molecular formula is C27H23NO2P+. The van der Waals surface area contributed by atoms with Crippen molar-refractivity contribution in [2.24, 2.45) is 0 Å². The van der Waals surface area contributed by atoms with Crippen LogP contribution in [0.25, 0.3) is 0 Å². The van der Waals surface area contributed by atoms with Gasteiger partial charge in [-0.25, -0.2) is 0 Å². The lowest BCUT2D eigenvalue weighted by Crippen LogP contribution is -2.39. The molecule has 1 aliphatic rings. The first-order valence-corrected chi connectivity index (χ1v) is 12.2. The number of rotatable bonds is 5. The molecule has 4 aromatic carbocycles. The number of benzene rings is 4. The Morgan fingerprint density at radius 2 is 1.19 bits per heavy atom. The largest absolute Gasteiger partial charge is 0.497 e. The zero-order chi connectivity index (χ0) is 21.3. The van der Waals surface area contributed by atoms with Crippen LogP contribution < -0.4 is 26.0 Å². The van der Waals surface area contributed by atoms with Crippen LogP contribution in [-0.4, -0.2) is 13.0 Å². The molecule has 1 atom stereocenters. The summed E-state index contributed by atoms with van der Waals surface area (Å²) in [6.45, 7) is 0. The molecule has 3 nitrogen and oxygen atoms in total. The second-order valence-electron chi connectivity index (χ2n) is 7.56. The summed E-state index contributed by atoms with van der Waals surface area (Å²) >= 11 is 0. The number of methoxy groups -OCH3 is 1. The van der Waals surface area contributed by atoms with Gasteiger partial charge in [-0.05, 0) is 54.6 Å². The Labute approximate surface area is 183 Å². The molecule has 1 unspecified atom stereocenters. The smallest absolute Gasteiger partial charge is 0.255 e. The van der Waals surface area contributed by atoms with E-state index in [2.05, 4.69) is 78.1 Å². The first kappa shape index (κ1) is 19.5. The summed E-state index contributed by atoms with van der Waals surface area (Å²) in [6, 6.07) is 37.6. The number of hydrogen-bond donors (Lipinski definition) is 1. The molecule has 152 valence electrons. The van der Waals surface area contributed by atoms with Crippen molar-refractivity contribution in [2.75, 3.05) is 7.11 Å². The Morgan fingerprint density at radius 1 is 0.710 bits per heavy atom. The fourth-order valence-electron chi connectivity index (χ4n) is 4.57. The van der Waals surface area contributed by atoms with Gasteiger partial charge >= 0.3 is 0 Å². The second-order valence-corrected chi connectivity index (χ2v) is 11.1. The average molecular weight is 424 g/mol. The van der Waals surface area contributed by atoms with E-state index in [1.54, 1.807) is 7.11 Å². The van der Waals surface area contributed by atoms with E-state index in [-0.39, 0.29) is 11.7 Å². The maximum Gasteiger partial charge on any atom is 0.255 e. The van der Waals surface area contributed by atoms with Gasteiger partial charge in [0.1, 0.15) is 28.9 Å². The predicted octanol–water partition coefficient (Wildman–Crippen LogP) is 4.43. The summed E-state index contributed by atoms with van der Waals surface area (Å²) in [5.41, 5.74) is 1.72. The molecule has 0 saturated heterocycles. The highest BCUT2D eigenvalue weighted by Gasteiger charge is 2.56. The predicted molar refractivity (Wildman–Crippen MR) is 128 cm³/mol. The molecule has 1 aliphatic heterocycles. The van der Waals surface area contributed by atoms with Gasteiger partial charge in [0.2, 0.25) is 0 Å². The summed E-state index contributed by atoms with van der Waals surface area (Å²) in [5.74, 6) is 0.483. The minimum Gasteiger partial charge on any atom is -0.497 e. The lowest BCUT2D eigenvalue weighted by molar-refractivity contribution is 0.0964. The molecule has 1 heterocycles. The number of hydrogen-bond acceptors (Lipinski definition) is 2.